The molecule has 1 unspecified atom stereocenters. The molecule has 19 heavy (non-hydrogen) atoms. The lowest BCUT2D eigenvalue weighted by Gasteiger charge is -2.28. The fourth-order valence-electron chi connectivity index (χ4n) is 1.66. The zero-order valence-corrected chi connectivity index (χ0v) is 11.2. The molecule has 0 fully saturated rings. The first kappa shape index (κ1) is 15.4. The van der Waals surface area contributed by atoms with Crippen molar-refractivity contribution in [1.82, 2.24) is 5.06 Å². The van der Waals surface area contributed by atoms with E-state index in [2.05, 4.69) is 11.3 Å². The Morgan fingerprint density at radius 1 is 1.47 bits per heavy atom. The zero-order chi connectivity index (χ0) is 14.3. The lowest BCUT2D eigenvalue weighted by molar-refractivity contribution is -0.212. The number of carbonyl (C=O) groups is 1. The second-order valence-corrected chi connectivity index (χ2v) is 3.94. The van der Waals surface area contributed by atoms with E-state index in [1.54, 1.807) is 7.05 Å². The summed E-state index contributed by atoms with van der Waals surface area (Å²) in [6, 6.07) is 9.02. The molecule has 0 bridgehead atoms. The summed E-state index contributed by atoms with van der Waals surface area (Å²) in [5.74, 6) is -0.536. The highest BCUT2D eigenvalue weighted by Crippen LogP contribution is 2.19. The summed E-state index contributed by atoms with van der Waals surface area (Å²) in [4.78, 5) is 16.9. The van der Waals surface area contributed by atoms with Gasteiger partial charge in [0.05, 0.1) is 19.8 Å². The van der Waals surface area contributed by atoms with Crippen molar-refractivity contribution in [3.63, 3.8) is 0 Å². The molecule has 0 aliphatic carbocycles. The van der Waals surface area contributed by atoms with E-state index in [-0.39, 0.29) is 12.6 Å². The van der Waals surface area contributed by atoms with Gasteiger partial charge in [0, 0.05) is 7.05 Å². The molecule has 0 spiro atoms. The van der Waals surface area contributed by atoms with Crippen molar-refractivity contribution in [2.75, 3.05) is 20.8 Å². The van der Waals surface area contributed by atoms with Gasteiger partial charge in [-0.25, -0.2) is 4.79 Å². The SMILES string of the molecule is C=CC(ON(C)[C@@H](CO)c1ccccc1)C(=O)OC. The summed E-state index contributed by atoms with van der Waals surface area (Å²) in [5.41, 5.74) is 0.889. The monoisotopic (exact) mass is 265 g/mol. The second kappa shape index (κ2) is 7.68. The average molecular weight is 265 g/mol. The summed E-state index contributed by atoms with van der Waals surface area (Å²) in [7, 11) is 2.93. The summed E-state index contributed by atoms with van der Waals surface area (Å²) in [6.07, 6.45) is 0.453. The van der Waals surface area contributed by atoms with Crippen LogP contribution in [0.4, 0.5) is 0 Å². The Bertz CT molecular complexity index is 407. The van der Waals surface area contributed by atoms with Crippen LogP contribution in [-0.4, -0.2) is 43.0 Å². The third-order valence-corrected chi connectivity index (χ3v) is 2.72. The van der Waals surface area contributed by atoms with E-state index in [4.69, 9.17) is 4.84 Å². The van der Waals surface area contributed by atoms with Crippen molar-refractivity contribution >= 4 is 5.97 Å². The van der Waals surface area contributed by atoms with Gasteiger partial charge in [-0.1, -0.05) is 36.9 Å². The fraction of sp³-hybridized carbons (Fsp3) is 0.357. The molecular weight excluding hydrogens is 246 g/mol. The Balaban J connectivity index is 2.76. The van der Waals surface area contributed by atoms with Gasteiger partial charge >= 0.3 is 5.97 Å². The number of nitrogens with zero attached hydrogens (tertiary/aromatic N) is 1. The molecule has 0 amide bonds. The van der Waals surface area contributed by atoms with Crippen LogP contribution in [0.1, 0.15) is 11.6 Å². The molecule has 0 saturated heterocycles. The van der Waals surface area contributed by atoms with Gasteiger partial charge in [0.15, 0.2) is 6.10 Å². The smallest absolute Gasteiger partial charge is 0.341 e. The minimum absolute atomic E-state index is 0.133. The van der Waals surface area contributed by atoms with E-state index in [1.807, 2.05) is 30.3 Å². The normalized spacial score (nSPS) is 13.9. The van der Waals surface area contributed by atoms with Crippen LogP contribution in [0.2, 0.25) is 0 Å². The number of rotatable bonds is 7. The van der Waals surface area contributed by atoms with Gasteiger partial charge in [0.2, 0.25) is 0 Å². The highest BCUT2D eigenvalue weighted by atomic mass is 16.7. The molecular formula is C14H19NO4. The van der Waals surface area contributed by atoms with Gasteiger partial charge in [-0.15, -0.1) is 0 Å². The van der Waals surface area contributed by atoms with Crippen LogP contribution in [0.3, 0.4) is 0 Å². The van der Waals surface area contributed by atoms with Gasteiger partial charge in [-0.05, 0) is 11.6 Å². The number of carbonyl (C=O) groups excluding carboxylic acids is 1. The van der Waals surface area contributed by atoms with Crippen molar-refractivity contribution < 1.29 is 19.5 Å². The molecule has 1 aromatic carbocycles. The number of esters is 1. The van der Waals surface area contributed by atoms with E-state index in [9.17, 15) is 9.90 Å². The number of benzene rings is 1. The molecule has 0 aromatic heterocycles. The summed E-state index contributed by atoms with van der Waals surface area (Å²) < 4.78 is 4.60. The first-order valence-electron chi connectivity index (χ1n) is 5.89. The quantitative estimate of drug-likeness (QED) is 0.457. The Morgan fingerprint density at radius 2 is 2.11 bits per heavy atom. The molecule has 2 atom stereocenters. The van der Waals surface area contributed by atoms with Crippen molar-refractivity contribution in [2.45, 2.75) is 12.1 Å². The molecule has 0 aliphatic rings. The van der Waals surface area contributed by atoms with Crippen molar-refractivity contribution in [3.8, 4) is 0 Å². The van der Waals surface area contributed by atoms with E-state index in [1.165, 1.54) is 18.2 Å². The van der Waals surface area contributed by atoms with E-state index >= 15 is 0 Å². The fourth-order valence-corrected chi connectivity index (χ4v) is 1.66. The maximum absolute atomic E-state index is 11.4. The number of aliphatic hydroxyl groups excluding tert-OH is 1. The number of ether oxygens (including phenoxy) is 1. The number of methoxy groups -OCH3 is 1. The molecule has 5 heteroatoms. The van der Waals surface area contributed by atoms with Gasteiger partial charge in [-0.2, -0.15) is 5.06 Å². The van der Waals surface area contributed by atoms with Crippen LogP contribution in [0, 0.1) is 0 Å². The van der Waals surface area contributed by atoms with Gasteiger partial charge < -0.3 is 9.84 Å². The minimum Gasteiger partial charge on any atom is -0.467 e. The van der Waals surface area contributed by atoms with Crippen LogP contribution >= 0.6 is 0 Å². The van der Waals surface area contributed by atoms with Gasteiger partial charge in [0.25, 0.3) is 0 Å². The third kappa shape index (κ3) is 4.17. The molecule has 1 N–H and O–H groups in total. The minimum atomic E-state index is -0.896. The summed E-state index contributed by atoms with van der Waals surface area (Å²) in [5, 5.41) is 10.9. The lowest BCUT2D eigenvalue weighted by Crippen LogP contribution is -2.35. The highest BCUT2D eigenvalue weighted by molar-refractivity contribution is 5.76. The molecule has 0 heterocycles. The average Bonchev–Trinajstić information content (AvgIpc) is 2.45. The van der Waals surface area contributed by atoms with Crippen LogP contribution in [0.15, 0.2) is 43.0 Å². The first-order valence-corrected chi connectivity index (χ1v) is 5.89. The number of aliphatic hydroxyl groups is 1. The predicted octanol–water partition coefficient (Wildman–Crippen LogP) is 1.31. The second-order valence-electron chi connectivity index (χ2n) is 3.94. The number of hydrogen-bond donors (Lipinski definition) is 1. The van der Waals surface area contributed by atoms with Crippen molar-refractivity contribution in [2.24, 2.45) is 0 Å². The lowest BCUT2D eigenvalue weighted by atomic mass is 10.1. The molecule has 0 aliphatic heterocycles. The number of hydrogen-bond acceptors (Lipinski definition) is 5. The van der Waals surface area contributed by atoms with E-state index in [0.717, 1.165) is 5.56 Å². The topological polar surface area (TPSA) is 59.0 Å². The van der Waals surface area contributed by atoms with Gasteiger partial charge in [0.1, 0.15) is 0 Å². The molecule has 1 rings (SSSR count). The maximum Gasteiger partial charge on any atom is 0.341 e. The molecule has 0 saturated carbocycles. The Labute approximate surface area is 113 Å². The molecule has 1 aromatic rings. The molecule has 5 nitrogen and oxygen atoms in total. The van der Waals surface area contributed by atoms with Crippen LogP contribution in [-0.2, 0) is 14.4 Å². The number of likely N-dealkylation sites (N-methyl/N-ethyl adjacent to an activating group) is 1. The van der Waals surface area contributed by atoms with E-state index < -0.39 is 12.1 Å². The highest BCUT2D eigenvalue weighted by Gasteiger charge is 2.23. The third-order valence-electron chi connectivity index (χ3n) is 2.72. The number of hydroxylamine groups is 2. The largest absolute Gasteiger partial charge is 0.467 e. The van der Waals surface area contributed by atoms with Crippen LogP contribution < -0.4 is 0 Å². The maximum atomic E-state index is 11.4. The Kier molecular flexibility index (Phi) is 6.21. The predicted molar refractivity (Wildman–Crippen MR) is 71.1 cm³/mol. The standard InChI is InChI=1S/C14H19NO4/c1-4-13(14(17)18-3)19-15(2)12(10-16)11-8-6-5-7-9-11/h4-9,12-13,16H,1,10H2,2-3H3/t12-,13?/m0/s1. The molecule has 0 radical (unpaired) electrons. The first-order chi connectivity index (χ1) is 9.13. The zero-order valence-electron chi connectivity index (χ0n) is 11.2. The Morgan fingerprint density at radius 3 is 2.58 bits per heavy atom. The van der Waals surface area contributed by atoms with Crippen LogP contribution in [0.5, 0.6) is 0 Å². The van der Waals surface area contributed by atoms with Crippen LogP contribution in [0.25, 0.3) is 0 Å². The summed E-state index contributed by atoms with van der Waals surface area (Å²) in [6.45, 7) is 3.39. The van der Waals surface area contributed by atoms with Crippen molar-refractivity contribution in [1.29, 1.82) is 0 Å². The Hall–Kier alpha value is -1.69. The van der Waals surface area contributed by atoms with E-state index in [0.29, 0.717) is 0 Å². The van der Waals surface area contributed by atoms with Crippen molar-refractivity contribution in [3.05, 3.63) is 48.6 Å². The molecule has 104 valence electrons. The van der Waals surface area contributed by atoms with Gasteiger partial charge in [-0.3, -0.25) is 4.84 Å². The summed E-state index contributed by atoms with van der Waals surface area (Å²) >= 11 is 0.